The van der Waals surface area contributed by atoms with Crippen molar-refractivity contribution in [2.75, 3.05) is 61.4 Å². The van der Waals surface area contributed by atoms with Crippen LogP contribution in [0.3, 0.4) is 0 Å². The van der Waals surface area contributed by atoms with Gasteiger partial charge in [0, 0.05) is 99.1 Å². The van der Waals surface area contributed by atoms with E-state index in [4.69, 9.17) is 15.0 Å². The van der Waals surface area contributed by atoms with Crippen LogP contribution in [0.4, 0.5) is 17.3 Å². The van der Waals surface area contributed by atoms with Gasteiger partial charge < -0.3 is 34.4 Å². The van der Waals surface area contributed by atoms with Crippen molar-refractivity contribution in [3.05, 3.63) is 60.0 Å². The number of amides is 5. The minimum absolute atomic E-state index is 0.0209. The summed E-state index contributed by atoms with van der Waals surface area (Å²) in [4.78, 5) is 93.3. The zero-order valence-electron chi connectivity index (χ0n) is 43.1. The second kappa shape index (κ2) is 19.4. The van der Waals surface area contributed by atoms with Crippen LogP contribution in [-0.2, 0) is 29.4 Å². The molecule has 8 heterocycles. The Bertz CT molecular complexity index is 2770. The van der Waals surface area contributed by atoms with Gasteiger partial charge in [-0.1, -0.05) is 24.6 Å². The summed E-state index contributed by atoms with van der Waals surface area (Å²) >= 11 is 0. The molecule has 0 bridgehead atoms. The molecule has 4 aromatic rings. The molecule has 1 atom stereocenters. The number of nitrogens with zero attached hydrogens (tertiary/aromatic N) is 9. The van der Waals surface area contributed by atoms with Gasteiger partial charge in [0.05, 0.1) is 28.9 Å². The summed E-state index contributed by atoms with van der Waals surface area (Å²) in [7, 11) is 2.05. The SMILES string of the molecule is CC(C)n1cnc2cc(-c3ccc4c(c3)N(C3CC(N5CCCCC5)C3)C(=O)C43CCN(C(=O)C4CCN(C(=O)C5CCC(N(C)c6ccc([C@H]7CCC(=O)NC7=O)cn6)CC5)CC4)CC3)nc(NC3CC3)c21. The molecule has 0 radical (unpaired) electrons. The van der Waals surface area contributed by atoms with Gasteiger partial charge in [0.25, 0.3) is 0 Å². The van der Waals surface area contributed by atoms with E-state index in [0.29, 0.717) is 76.8 Å². The largest absolute Gasteiger partial charge is 0.366 e. The van der Waals surface area contributed by atoms with Crippen molar-refractivity contribution in [3.8, 4) is 11.3 Å². The van der Waals surface area contributed by atoms with Crippen molar-refractivity contribution in [2.24, 2.45) is 11.8 Å². The molecule has 3 aromatic heterocycles. The molecular formula is C57H73N11O5. The van der Waals surface area contributed by atoms with Crippen molar-refractivity contribution in [3.63, 3.8) is 0 Å². The Hall–Kier alpha value is -5.90. The molecular weight excluding hydrogens is 919 g/mol. The summed E-state index contributed by atoms with van der Waals surface area (Å²) in [5.41, 5.74) is 6.06. The maximum Gasteiger partial charge on any atom is 0.238 e. The monoisotopic (exact) mass is 992 g/mol. The van der Waals surface area contributed by atoms with Crippen molar-refractivity contribution < 1.29 is 24.0 Å². The molecule has 3 aliphatic carbocycles. The number of imide groups is 1. The molecule has 3 saturated carbocycles. The number of likely N-dealkylation sites (tertiary alicyclic amines) is 3. The highest BCUT2D eigenvalue weighted by molar-refractivity contribution is 6.09. The lowest BCUT2D eigenvalue weighted by molar-refractivity contribution is -0.144. The second-order valence-electron chi connectivity index (χ2n) is 23.2. The van der Waals surface area contributed by atoms with Crippen molar-refractivity contribution >= 4 is 57.9 Å². The predicted molar refractivity (Wildman–Crippen MR) is 280 cm³/mol. The minimum Gasteiger partial charge on any atom is -0.366 e. The molecule has 1 aromatic carbocycles. The number of nitrogens with one attached hydrogen (secondary N) is 2. The number of anilines is 3. The van der Waals surface area contributed by atoms with Gasteiger partial charge in [-0.25, -0.2) is 15.0 Å². The highest BCUT2D eigenvalue weighted by Gasteiger charge is 2.56. The Balaban J connectivity index is 0.684. The summed E-state index contributed by atoms with van der Waals surface area (Å²) in [6.45, 7) is 8.94. The Morgan fingerprint density at radius 1 is 0.781 bits per heavy atom. The first-order chi connectivity index (χ1) is 35.4. The maximum absolute atomic E-state index is 15.2. The third-order valence-electron chi connectivity index (χ3n) is 18.5. The predicted octanol–water partition coefficient (Wildman–Crippen LogP) is 7.33. The Kier molecular flexibility index (Phi) is 12.8. The van der Waals surface area contributed by atoms with E-state index in [9.17, 15) is 19.2 Å². The maximum atomic E-state index is 15.2. The minimum atomic E-state index is -0.671. The molecule has 2 N–H and O–H groups in total. The van der Waals surface area contributed by atoms with Crippen LogP contribution in [0.2, 0.25) is 0 Å². The number of hydrogen-bond acceptors (Lipinski definition) is 11. The fourth-order valence-corrected chi connectivity index (χ4v) is 13.8. The normalized spacial score (nSPS) is 26.8. The van der Waals surface area contributed by atoms with Gasteiger partial charge in [0.1, 0.15) is 11.3 Å². The van der Waals surface area contributed by atoms with Crippen LogP contribution in [0.25, 0.3) is 22.3 Å². The molecule has 7 fully saturated rings. The number of rotatable bonds is 11. The summed E-state index contributed by atoms with van der Waals surface area (Å²) in [5, 5.41) is 6.14. The first-order valence-electron chi connectivity index (χ1n) is 27.9. The Labute approximate surface area is 429 Å². The third kappa shape index (κ3) is 8.96. The number of carbonyl (C=O) groups is 5. The highest BCUT2D eigenvalue weighted by Crippen LogP contribution is 2.52. The first-order valence-corrected chi connectivity index (χ1v) is 27.9. The van der Waals surface area contributed by atoms with E-state index in [1.54, 1.807) is 6.20 Å². The average Bonchev–Trinajstić information content (AvgIpc) is 4.07. The average molecular weight is 992 g/mol. The number of hydrogen-bond donors (Lipinski definition) is 2. The molecule has 4 saturated heterocycles. The van der Waals surface area contributed by atoms with E-state index in [-0.39, 0.29) is 65.4 Å². The van der Waals surface area contributed by atoms with Gasteiger partial charge in [-0.2, -0.15) is 0 Å². The lowest BCUT2D eigenvalue weighted by Crippen LogP contribution is -2.58. The van der Waals surface area contributed by atoms with Crippen LogP contribution in [-0.4, -0.2) is 134 Å². The summed E-state index contributed by atoms with van der Waals surface area (Å²) < 4.78 is 2.20. The third-order valence-corrected chi connectivity index (χ3v) is 18.5. The standard InChI is InChI=1S/C57H73N11O5/c1-35(2)67-34-59-47-32-46(61-52(51(47)67)60-40-11-12-40)38-9-16-45-48(29-38)68(43-30-42(31-43)64-23-5-4-6-24-64)56(73)57(45)21-27-66(28-22-57)55(72)37-19-25-65(26-20-37)54(71)36-7-13-41(14-8-36)63(3)49-17-10-39(33-58-49)44-15-18-50(69)62-53(44)70/h9-10,16-17,29,32-37,40-44H,4-8,11-15,18-28,30-31H2,1-3H3,(H,60,61)(H,62,69,70)/t36?,41?,42?,43?,44-/m1/s1. The van der Waals surface area contributed by atoms with Crippen molar-refractivity contribution in [1.29, 1.82) is 0 Å². The van der Waals surface area contributed by atoms with E-state index in [1.165, 1.54) is 19.3 Å². The number of piperidine rings is 4. The number of benzene rings is 1. The van der Waals surface area contributed by atoms with E-state index in [2.05, 4.69) is 68.0 Å². The van der Waals surface area contributed by atoms with Crippen molar-refractivity contribution in [1.82, 2.24) is 39.5 Å². The quantitative estimate of drug-likeness (QED) is 0.144. The van der Waals surface area contributed by atoms with Crippen molar-refractivity contribution in [2.45, 2.75) is 165 Å². The van der Waals surface area contributed by atoms with Crippen LogP contribution in [0, 0.1) is 11.8 Å². The molecule has 16 heteroatoms. The van der Waals surface area contributed by atoms with Crippen LogP contribution in [0.15, 0.2) is 48.9 Å². The van der Waals surface area contributed by atoms with Crippen LogP contribution >= 0.6 is 0 Å². The van der Waals surface area contributed by atoms with E-state index in [1.807, 2.05) is 35.3 Å². The number of carbonyl (C=O) groups excluding carboxylic acids is 5. The molecule has 5 amide bonds. The molecule has 73 heavy (non-hydrogen) atoms. The second-order valence-corrected chi connectivity index (χ2v) is 23.2. The molecule has 16 nitrogen and oxygen atoms in total. The van der Waals surface area contributed by atoms with Gasteiger partial charge in [-0.05, 0) is 153 Å². The van der Waals surface area contributed by atoms with Gasteiger partial charge in [0.15, 0.2) is 5.82 Å². The highest BCUT2D eigenvalue weighted by atomic mass is 16.2. The molecule has 12 rings (SSSR count). The fourth-order valence-electron chi connectivity index (χ4n) is 13.8. The van der Waals surface area contributed by atoms with Gasteiger partial charge in [-0.3, -0.25) is 29.3 Å². The Morgan fingerprint density at radius 3 is 2.16 bits per heavy atom. The molecule has 8 aliphatic rings. The smallest absolute Gasteiger partial charge is 0.238 e. The summed E-state index contributed by atoms with van der Waals surface area (Å²) in [6, 6.07) is 14.2. The van der Waals surface area contributed by atoms with Gasteiger partial charge in [0.2, 0.25) is 29.5 Å². The number of aromatic nitrogens is 4. The molecule has 386 valence electrons. The van der Waals surface area contributed by atoms with Gasteiger partial charge in [-0.15, -0.1) is 0 Å². The summed E-state index contributed by atoms with van der Waals surface area (Å²) in [5.74, 6) is 1.31. The molecule has 5 aliphatic heterocycles. The number of imidazole rings is 1. The van der Waals surface area contributed by atoms with E-state index < -0.39 is 5.41 Å². The molecule has 0 unspecified atom stereocenters. The van der Waals surface area contributed by atoms with E-state index in [0.717, 1.165) is 115 Å². The Morgan fingerprint density at radius 2 is 1.49 bits per heavy atom. The zero-order chi connectivity index (χ0) is 50.1. The lowest BCUT2D eigenvalue weighted by atomic mass is 9.73. The summed E-state index contributed by atoms with van der Waals surface area (Å²) in [6.07, 6.45) is 18.5. The zero-order valence-corrected chi connectivity index (χ0v) is 43.1. The van der Waals surface area contributed by atoms with E-state index >= 15 is 4.79 Å². The van der Waals surface area contributed by atoms with Crippen LogP contribution < -0.4 is 20.4 Å². The number of fused-ring (bicyclic) bond motifs is 3. The lowest BCUT2D eigenvalue weighted by Gasteiger charge is -2.48. The molecule has 1 spiro atoms. The first kappa shape index (κ1) is 48.1. The topological polar surface area (TPSA) is 169 Å². The number of pyridine rings is 2. The fraction of sp³-hybridized carbons (Fsp3) is 0.614. The van der Waals surface area contributed by atoms with Crippen LogP contribution in [0.5, 0.6) is 0 Å². The van der Waals surface area contributed by atoms with Crippen LogP contribution in [0.1, 0.15) is 146 Å². The van der Waals surface area contributed by atoms with Gasteiger partial charge >= 0.3 is 0 Å².